The molecule has 1 aliphatic rings. The molecule has 0 saturated carbocycles. The quantitative estimate of drug-likeness (QED) is 0.631. The third kappa shape index (κ3) is 2.39. The highest BCUT2D eigenvalue weighted by atomic mass is 35.5. The van der Waals surface area contributed by atoms with Gasteiger partial charge in [0.1, 0.15) is 5.69 Å². The van der Waals surface area contributed by atoms with E-state index in [2.05, 4.69) is 15.3 Å². The number of aromatic amines is 1. The number of aryl methyl sites for hydroxylation is 1. The Morgan fingerprint density at radius 1 is 1.35 bits per heavy atom. The van der Waals surface area contributed by atoms with Gasteiger partial charge in [-0.25, -0.2) is 4.79 Å². The minimum atomic E-state index is -1.05. The van der Waals surface area contributed by atoms with Gasteiger partial charge in [-0.2, -0.15) is 10.2 Å². The molecule has 0 atom stereocenters. The van der Waals surface area contributed by atoms with Crippen LogP contribution in [-0.2, 0) is 13.1 Å². The van der Waals surface area contributed by atoms with Crippen molar-refractivity contribution in [1.29, 1.82) is 0 Å². The van der Waals surface area contributed by atoms with Crippen molar-refractivity contribution in [2.75, 3.05) is 6.54 Å². The highest BCUT2D eigenvalue weighted by molar-refractivity contribution is 6.35. The average Bonchev–Trinajstić information content (AvgIpc) is 3.15. The van der Waals surface area contributed by atoms with Crippen LogP contribution < -0.4 is 5.73 Å². The van der Waals surface area contributed by atoms with E-state index in [1.807, 2.05) is 13.0 Å². The van der Waals surface area contributed by atoms with Gasteiger partial charge in [-0.1, -0.05) is 11.6 Å². The lowest BCUT2D eigenvalue weighted by molar-refractivity contribution is 0.0993. The smallest absolute Gasteiger partial charge is 0.407 e. The molecule has 1 aliphatic heterocycles. The number of fused-ring (bicyclic) bond motifs is 2. The number of amides is 2. The van der Waals surface area contributed by atoms with E-state index >= 15 is 0 Å². The zero-order chi connectivity index (χ0) is 18.6. The van der Waals surface area contributed by atoms with E-state index in [0.717, 1.165) is 11.1 Å². The number of aromatic nitrogens is 4. The van der Waals surface area contributed by atoms with E-state index in [1.54, 1.807) is 10.7 Å². The number of H-pyrrole nitrogens is 1. The van der Waals surface area contributed by atoms with Crippen molar-refractivity contribution in [3.63, 3.8) is 0 Å². The molecule has 3 heterocycles. The molecule has 26 heavy (non-hydrogen) atoms. The lowest BCUT2D eigenvalue weighted by Gasteiger charge is -2.25. The van der Waals surface area contributed by atoms with Crippen molar-refractivity contribution in [1.82, 2.24) is 24.9 Å². The Morgan fingerprint density at radius 3 is 2.81 bits per heavy atom. The Kier molecular flexibility index (Phi) is 3.62. The van der Waals surface area contributed by atoms with Crippen molar-refractivity contribution in [3.8, 4) is 11.3 Å². The number of nitrogens with two attached hydrogens (primary N) is 1. The first-order valence-corrected chi connectivity index (χ1v) is 8.26. The zero-order valence-electron chi connectivity index (χ0n) is 13.8. The SMILES string of the molecule is Cc1n[nH]c2c(Cl)cc(-c3nn4c(c3C(N)=O)CN(C(=O)O)CC4)cc12. The highest BCUT2D eigenvalue weighted by Crippen LogP contribution is 2.34. The van der Waals surface area contributed by atoms with Gasteiger partial charge in [-0.15, -0.1) is 0 Å². The van der Waals surface area contributed by atoms with Gasteiger partial charge in [0, 0.05) is 17.5 Å². The average molecular weight is 375 g/mol. The monoisotopic (exact) mass is 374 g/mol. The van der Waals surface area contributed by atoms with Crippen LogP contribution in [0.2, 0.25) is 5.02 Å². The van der Waals surface area contributed by atoms with E-state index in [-0.39, 0.29) is 12.1 Å². The molecule has 0 saturated heterocycles. The largest absolute Gasteiger partial charge is 0.465 e. The fourth-order valence-corrected chi connectivity index (χ4v) is 3.55. The van der Waals surface area contributed by atoms with Crippen molar-refractivity contribution < 1.29 is 14.7 Å². The van der Waals surface area contributed by atoms with Crippen molar-refractivity contribution in [3.05, 3.63) is 34.1 Å². The van der Waals surface area contributed by atoms with E-state index < -0.39 is 12.0 Å². The Labute approximate surface area is 152 Å². The summed E-state index contributed by atoms with van der Waals surface area (Å²) < 4.78 is 1.63. The Bertz CT molecular complexity index is 1070. The minimum Gasteiger partial charge on any atom is -0.465 e. The lowest BCUT2D eigenvalue weighted by atomic mass is 10.0. The molecule has 3 aromatic rings. The second kappa shape index (κ2) is 5.73. The third-order valence-corrected chi connectivity index (χ3v) is 4.88. The fourth-order valence-electron chi connectivity index (χ4n) is 3.28. The first-order valence-electron chi connectivity index (χ1n) is 7.88. The summed E-state index contributed by atoms with van der Waals surface area (Å²) in [6.07, 6.45) is -1.05. The molecule has 10 heteroatoms. The zero-order valence-corrected chi connectivity index (χ0v) is 14.5. The molecule has 0 fully saturated rings. The first-order chi connectivity index (χ1) is 12.4. The summed E-state index contributed by atoms with van der Waals surface area (Å²) in [5, 5.41) is 22.0. The molecule has 0 spiro atoms. The van der Waals surface area contributed by atoms with Crippen LogP contribution in [0, 0.1) is 6.92 Å². The molecule has 0 aliphatic carbocycles. The van der Waals surface area contributed by atoms with Crippen LogP contribution in [0.25, 0.3) is 22.2 Å². The summed E-state index contributed by atoms with van der Waals surface area (Å²) in [7, 11) is 0. The van der Waals surface area contributed by atoms with Crippen LogP contribution in [0.5, 0.6) is 0 Å². The number of nitrogens with one attached hydrogen (secondary N) is 1. The normalized spacial score (nSPS) is 13.8. The fraction of sp³-hybridized carbons (Fsp3) is 0.250. The van der Waals surface area contributed by atoms with Crippen LogP contribution in [-0.4, -0.2) is 48.5 Å². The van der Waals surface area contributed by atoms with E-state index in [1.165, 1.54) is 4.90 Å². The van der Waals surface area contributed by atoms with E-state index in [0.29, 0.717) is 40.6 Å². The van der Waals surface area contributed by atoms with Gasteiger partial charge in [0.2, 0.25) is 0 Å². The van der Waals surface area contributed by atoms with Crippen LogP contribution in [0.3, 0.4) is 0 Å². The van der Waals surface area contributed by atoms with Crippen molar-refractivity contribution >= 4 is 34.5 Å². The van der Waals surface area contributed by atoms with Crippen LogP contribution in [0.4, 0.5) is 4.79 Å². The summed E-state index contributed by atoms with van der Waals surface area (Å²) in [5.74, 6) is -0.659. The second-order valence-electron chi connectivity index (χ2n) is 6.15. The van der Waals surface area contributed by atoms with Gasteiger partial charge in [0.15, 0.2) is 0 Å². The molecule has 9 nitrogen and oxygen atoms in total. The number of carbonyl (C=O) groups is 2. The number of carboxylic acid groups (broad SMARTS) is 1. The van der Waals surface area contributed by atoms with Gasteiger partial charge in [0.05, 0.1) is 40.6 Å². The maximum Gasteiger partial charge on any atom is 0.407 e. The lowest BCUT2D eigenvalue weighted by Crippen LogP contribution is -2.38. The number of primary amides is 1. The molecule has 4 N–H and O–H groups in total. The number of carbonyl (C=O) groups excluding carboxylic acids is 1. The van der Waals surface area contributed by atoms with Crippen molar-refractivity contribution in [2.45, 2.75) is 20.0 Å². The molecule has 0 bridgehead atoms. The summed E-state index contributed by atoms with van der Waals surface area (Å²) in [6.45, 7) is 2.54. The standard InChI is InChI=1S/C16H15ClN6O3/c1-7-9-4-8(5-10(17)14(9)20-19-7)13-12(15(18)24)11-6-22(16(25)26)2-3-23(11)21-13/h4-5H,2-3,6H2,1H3,(H2,18,24)(H,19,20)(H,25,26). The highest BCUT2D eigenvalue weighted by Gasteiger charge is 2.29. The van der Waals surface area contributed by atoms with Gasteiger partial charge in [-0.3, -0.25) is 14.6 Å². The van der Waals surface area contributed by atoms with Crippen molar-refractivity contribution in [2.24, 2.45) is 5.73 Å². The van der Waals surface area contributed by atoms with Gasteiger partial charge in [-0.05, 0) is 19.1 Å². The van der Waals surface area contributed by atoms with Gasteiger partial charge in [0.25, 0.3) is 5.91 Å². The second-order valence-corrected chi connectivity index (χ2v) is 6.56. The Hall–Kier alpha value is -3.07. The number of hydrogen-bond acceptors (Lipinski definition) is 4. The molecule has 2 aromatic heterocycles. The molecule has 1 aromatic carbocycles. The molecule has 0 radical (unpaired) electrons. The summed E-state index contributed by atoms with van der Waals surface area (Å²) in [5.41, 5.74) is 8.79. The Morgan fingerprint density at radius 2 is 2.12 bits per heavy atom. The number of nitrogens with zero attached hydrogens (tertiary/aromatic N) is 4. The first kappa shape index (κ1) is 16.4. The van der Waals surface area contributed by atoms with Gasteiger partial charge >= 0.3 is 6.09 Å². The molecule has 134 valence electrons. The molecule has 4 rings (SSSR count). The number of halogens is 1. The number of benzene rings is 1. The topological polar surface area (TPSA) is 130 Å². The maximum absolute atomic E-state index is 12.1. The molecule has 0 unspecified atom stereocenters. The molecular weight excluding hydrogens is 360 g/mol. The summed E-state index contributed by atoms with van der Waals surface area (Å²) >= 11 is 6.34. The summed E-state index contributed by atoms with van der Waals surface area (Å²) in [6, 6.07) is 3.53. The maximum atomic E-state index is 12.1. The van der Waals surface area contributed by atoms with E-state index in [9.17, 15) is 14.7 Å². The number of hydrogen-bond donors (Lipinski definition) is 3. The number of rotatable bonds is 2. The Balaban J connectivity index is 1.92. The minimum absolute atomic E-state index is 0.0569. The van der Waals surface area contributed by atoms with Gasteiger partial charge < -0.3 is 15.7 Å². The van der Waals surface area contributed by atoms with Crippen LogP contribution in [0.1, 0.15) is 21.7 Å². The molecule has 2 amide bonds. The predicted octanol–water partition coefficient (Wildman–Crippen LogP) is 1.98. The van der Waals surface area contributed by atoms with Crippen LogP contribution in [0.15, 0.2) is 12.1 Å². The summed E-state index contributed by atoms with van der Waals surface area (Å²) in [4.78, 5) is 24.6. The molecular formula is C16H15ClN6O3. The van der Waals surface area contributed by atoms with Crippen LogP contribution >= 0.6 is 11.6 Å². The third-order valence-electron chi connectivity index (χ3n) is 4.59. The predicted molar refractivity (Wildman–Crippen MR) is 94.0 cm³/mol. The van der Waals surface area contributed by atoms with E-state index in [4.69, 9.17) is 17.3 Å².